The average Bonchev–Trinajstić information content (AvgIpc) is 2.81. The van der Waals surface area contributed by atoms with Gasteiger partial charge in [-0.2, -0.15) is 0 Å². The fraction of sp³-hybridized carbons (Fsp3) is 0.550. The van der Waals surface area contributed by atoms with E-state index in [2.05, 4.69) is 28.7 Å². The average molecular weight is 326 g/mol. The zero-order valence-corrected chi connectivity index (χ0v) is 14.7. The van der Waals surface area contributed by atoms with Gasteiger partial charge in [0.2, 0.25) is 0 Å². The van der Waals surface area contributed by atoms with Gasteiger partial charge in [0.05, 0.1) is 0 Å². The summed E-state index contributed by atoms with van der Waals surface area (Å²) in [5.74, 6) is 6.45. The molecule has 1 aromatic rings. The zero-order chi connectivity index (χ0) is 17.3. The molecular formula is C20H26N2O2. The Bertz CT molecular complexity index is 664. The molecule has 4 heteroatoms. The van der Waals surface area contributed by atoms with Gasteiger partial charge >= 0.3 is 0 Å². The van der Waals surface area contributed by atoms with Crippen LogP contribution in [0.25, 0.3) is 0 Å². The Hall–Kier alpha value is -1.83. The molecule has 0 spiro atoms. The van der Waals surface area contributed by atoms with Crippen LogP contribution < -0.4 is 0 Å². The van der Waals surface area contributed by atoms with Gasteiger partial charge in [0.1, 0.15) is 5.60 Å². The van der Waals surface area contributed by atoms with Crippen LogP contribution >= 0.6 is 0 Å². The Morgan fingerprint density at radius 1 is 1.17 bits per heavy atom. The summed E-state index contributed by atoms with van der Waals surface area (Å²) < 4.78 is 0. The lowest BCUT2D eigenvalue weighted by molar-refractivity contribution is 0.0587. The molecule has 3 heterocycles. The van der Waals surface area contributed by atoms with Crippen LogP contribution in [-0.2, 0) is 0 Å². The smallest absolute Gasteiger partial charge is 0.254 e. The number of rotatable bonds is 1. The number of carbonyl (C=O) groups excluding carboxylic acids is 1. The van der Waals surface area contributed by atoms with Gasteiger partial charge in [-0.1, -0.05) is 11.8 Å². The highest BCUT2D eigenvalue weighted by Crippen LogP contribution is 2.28. The summed E-state index contributed by atoms with van der Waals surface area (Å²) in [6.07, 6.45) is 2.33. The van der Waals surface area contributed by atoms with Crippen molar-refractivity contribution in [1.82, 2.24) is 9.80 Å². The molecule has 0 unspecified atom stereocenters. The van der Waals surface area contributed by atoms with E-state index >= 15 is 0 Å². The normalized spacial score (nSPS) is 24.2. The summed E-state index contributed by atoms with van der Waals surface area (Å²) in [7, 11) is 2.15. The Balaban J connectivity index is 1.74. The topological polar surface area (TPSA) is 43.8 Å². The van der Waals surface area contributed by atoms with Gasteiger partial charge in [0, 0.05) is 36.8 Å². The van der Waals surface area contributed by atoms with E-state index in [-0.39, 0.29) is 5.91 Å². The van der Waals surface area contributed by atoms with Crippen molar-refractivity contribution in [2.24, 2.45) is 5.92 Å². The van der Waals surface area contributed by atoms with E-state index in [1.165, 1.54) is 6.42 Å². The van der Waals surface area contributed by atoms with Crippen molar-refractivity contribution in [1.29, 1.82) is 0 Å². The van der Waals surface area contributed by atoms with Gasteiger partial charge in [-0.05, 0) is 63.9 Å². The van der Waals surface area contributed by atoms with E-state index < -0.39 is 5.60 Å². The van der Waals surface area contributed by atoms with Crippen molar-refractivity contribution in [3.05, 3.63) is 35.4 Å². The van der Waals surface area contributed by atoms with Gasteiger partial charge in [-0.3, -0.25) is 4.79 Å². The molecule has 3 aliphatic heterocycles. The van der Waals surface area contributed by atoms with Crippen molar-refractivity contribution in [3.63, 3.8) is 0 Å². The van der Waals surface area contributed by atoms with E-state index in [0.29, 0.717) is 12.0 Å². The number of hydrogen-bond donors (Lipinski definition) is 1. The van der Waals surface area contributed by atoms with Crippen LogP contribution in [0.2, 0.25) is 0 Å². The van der Waals surface area contributed by atoms with Gasteiger partial charge in [-0.15, -0.1) is 0 Å². The summed E-state index contributed by atoms with van der Waals surface area (Å²) in [6, 6.07) is 7.73. The Morgan fingerprint density at radius 2 is 1.88 bits per heavy atom. The maximum Gasteiger partial charge on any atom is 0.254 e. The summed E-state index contributed by atoms with van der Waals surface area (Å²) in [6.45, 7) is 6.24. The predicted molar refractivity (Wildman–Crippen MR) is 94.7 cm³/mol. The Morgan fingerprint density at radius 3 is 2.54 bits per heavy atom. The van der Waals surface area contributed by atoms with Gasteiger partial charge in [-0.25, -0.2) is 0 Å². The highest BCUT2D eigenvalue weighted by Gasteiger charge is 2.36. The number of benzene rings is 1. The van der Waals surface area contributed by atoms with Gasteiger partial charge in [0.15, 0.2) is 0 Å². The third-order valence-electron chi connectivity index (χ3n) is 4.80. The third kappa shape index (κ3) is 3.98. The summed E-state index contributed by atoms with van der Waals surface area (Å²) in [5, 5.41) is 9.66. The monoisotopic (exact) mass is 326 g/mol. The maximum atomic E-state index is 12.9. The van der Waals surface area contributed by atoms with Crippen molar-refractivity contribution in [2.45, 2.75) is 38.3 Å². The number of likely N-dealkylation sites (N-methyl/N-ethyl adjacent to an activating group) is 1. The molecule has 0 radical (unpaired) electrons. The first-order valence-electron chi connectivity index (χ1n) is 8.67. The van der Waals surface area contributed by atoms with Crippen molar-refractivity contribution in [2.75, 3.05) is 26.7 Å². The molecular weight excluding hydrogens is 300 g/mol. The molecule has 0 aromatic heterocycles. The van der Waals surface area contributed by atoms with E-state index in [1.54, 1.807) is 13.8 Å². The Kier molecular flexibility index (Phi) is 4.67. The molecule has 3 fully saturated rings. The molecule has 1 amide bonds. The molecule has 0 saturated carbocycles. The van der Waals surface area contributed by atoms with Crippen LogP contribution in [-0.4, -0.2) is 59.1 Å². The quantitative estimate of drug-likeness (QED) is 0.803. The SMILES string of the molecule is CN1C[C@@H]2CC[C@H](C1)N(C(=O)c1ccc(C#CC(C)(C)O)cc1)C2. The van der Waals surface area contributed by atoms with Crippen molar-refractivity contribution in [3.8, 4) is 11.8 Å². The fourth-order valence-electron chi connectivity index (χ4n) is 3.65. The lowest BCUT2D eigenvalue weighted by atomic mass is 9.94. The van der Waals surface area contributed by atoms with Crippen LogP contribution in [0.1, 0.15) is 42.6 Å². The van der Waals surface area contributed by atoms with Crippen LogP contribution in [0, 0.1) is 17.8 Å². The number of amides is 1. The number of fused-ring (bicyclic) bond motifs is 4. The first-order chi connectivity index (χ1) is 11.3. The highest BCUT2D eigenvalue weighted by atomic mass is 16.3. The first-order valence-corrected chi connectivity index (χ1v) is 8.67. The molecule has 4 rings (SSSR count). The van der Waals surface area contributed by atoms with Crippen molar-refractivity contribution >= 4 is 5.91 Å². The fourth-order valence-corrected chi connectivity index (χ4v) is 3.65. The van der Waals surface area contributed by atoms with Gasteiger partial charge < -0.3 is 14.9 Å². The molecule has 24 heavy (non-hydrogen) atoms. The predicted octanol–water partition coefficient (Wildman–Crippen LogP) is 1.98. The van der Waals surface area contributed by atoms with Crippen LogP contribution in [0.3, 0.4) is 0 Å². The number of carbonyl (C=O) groups is 1. The third-order valence-corrected chi connectivity index (χ3v) is 4.80. The lowest BCUT2D eigenvalue weighted by Crippen LogP contribution is -2.47. The summed E-state index contributed by atoms with van der Waals surface area (Å²) in [5.41, 5.74) is 0.524. The molecule has 1 aromatic carbocycles. The number of hydrogen-bond acceptors (Lipinski definition) is 3. The summed E-state index contributed by atoms with van der Waals surface area (Å²) >= 11 is 0. The molecule has 3 aliphatic rings. The minimum atomic E-state index is -1.01. The van der Waals surface area contributed by atoms with Crippen LogP contribution in [0.15, 0.2) is 24.3 Å². The van der Waals surface area contributed by atoms with Crippen molar-refractivity contribution < 1.29 is 9.90 Å². The molecule has 3 saturated heterocycles. The van der Waals surface area contributed by atoms with E-state index in [0.717, 1.165) is 37.2 Å². The standard InChI is InChI=1S/C20H26N2O2/c1-20(2,24)11-10-15-4-7-17(8-5-15)19(23)22-13-16-6-9-18(22)14-21(3)12-16/h4-5,7-8,16,18,24H,6,9,12-14H2,1-3H3/t16-,18+/m0/s1. The lowest BCUT2D eigenvalue weighted by Gasteiger charge is -2.36. The van der Waals surface area contributed by atoms with Gasteiger partial charge in [0.25, 0.3) is 5.91 Å². The zero-order valence-electron chi connectivity index (χ0n) is 14.7. The minimum absolute atomic E-state index is 0.127. The molecule has 2 bridgehead atoms. The molecule has 1 N–H and O–H groups in total. The second-order valence-electron chi connectivity index (χ2n) is 7.66. The molecule has 0 aliphatic carbocycles. The molecule has 128 valence electrons. The number of piperidine rings is 1. The summed E-state index contributed by atoms with van der Waals surface area (Å²) in [4.78, 5) is 17.3. The highest BCUT2D eigenvalue weighted by molar-refractivity contribution is 5.94. The van der Waals surface area contributed by atoms with E-state index in [1.807, 2.05) is 24.3 Å². The molecule has 4 nitrogen and oxygen atoms in total. The minimum Gasteiger partial charge on any atom is -0.378 e. The van der Waals surface area contributed by atoms with Crippen LogP contribution in [0.4, 0.5) is 0 Å². The number of nitrogens with zero attached hydrogens (tertiary/aromatic N) is 2. The van der Waals surface area contributed by atoms with E-state index in [9.17, 15) is 9.90 Å². The Labute approximate surface area is 144 Å². The molecule has 2 atom stereocenters. The maximum absolute atomic E-state index is 12.9. The first kappa shape index (κ1) is 17.0. The van der Waals surface area contributed by atoms with E-state index in [4.69, 9.17) is 0 Å². The largest absolute Gasteiger partial charge is 0.378 e. The van der Waals surface area contributed by atoms with Crippen LogP contribution in [0.5, 0.6) is 0 Å². The second-order valence-corrected chi connectivity index (χ2v) is 7.66. The second kappa shape index (κ2) is 6.58. The number of aliphatic hydroxyl groups is 1.